The number of amides is 1. The summed E-state index contributed by atoms with van der Waals surface area (Å²) in [5.41, 5.74) is 4.02. The van der Waals surface area contributed by atoms with Gasteiger partial charge in [0.25, 0.3) is 0 Å². The standard InChI is InChI=1S/C20H17BrN2O4/c1-2-7-25-17-6-4-16(21)12-15(17)13-22-23-20(24)11-14-3-5-18-19(10-14)27-9-8-26-18/h1,3-6,10,12-13H,7-9,11H2,(H,23,24)/b22-13+. The van der Waals surface area contributed by atoms with Crippen LogP contribution < -0.4 is 19.6 Å². The van der Waals surface area contributed by atoms with Crippen LogP contribution in [-0.2, 0) is 11.2 Å². The number of nitrogens with zero attached hydrogens (tertiary/aromatic N) is 1. The lowest BCUT2D eigenvalue weighted by Crippen LogP contribution is -2.20. The Morgan fingerprint density at radius 3 is 2.89 bits per heavy atom. The second-order valence-electron chi connectivity index (χ2n) is 5.62. The van der Waals surface area contributed by atoms with Crippen LogP contribution in [0.5, 0.6) is 17.2 Å². The normalized spacial score (nSPS) is 12.4. The molecular formula is C20H17BrN2O4. The van der Waals surface area contributed by atoms with Crippen molar-refractivity contribution in [3.05, 3.63) is 52.0 Å². The number of carbonyl (C=O) groups is 1. The van der Waals surface area contributed by atoms with E-state index in [2.05, 4.69) is 32.4 Å². The molecule has 0 aliphatic carbocycles. The van der Waals surface area contributed by atoms with Crippen LogP contribution in [0.3, 0.4) is 0 Å². The van der Waals surface area contributed by atoms with Gasteiger partial charge >= 0.3 is 0 Å². The summed E-state index contributed by atoms with van der Waals surface area (Å²) < 4.78 is 17.3. The molecule has 0 unspecified atom stereocenters. The first kappa shape index (κ1) is 18.8. The van der Waals surface area contributed by atoms with Crippen LogP contribution in [0.4, 0.5) is 0 Å². The fraction of sp³-hybridized carbons (Fsp3) is 0.200. The van der Waals surface area contributed by atoms with Crippen LogP contribution in [0.1, 0.15) is 11.1 Å². The summed E-state index contributed by atoms with van der Waals surface area (Å²) in [6.45, 7) is 1.19. The van der Waals surface area contributed by atoms with Crippen molar-refractivity contribution in [2.24, 2.45) is 5.10 Å². The molecule has 27 heavy (non-hydrogen) atoms. The van der Waals surface area contributed by atoms with E-state index in [1.807, 2.05) is 18.2 Å². The van der Waals surface area contributed by atoms with Gasteiger partial charge in [-0.3, -0.25) is 4.79 Å². The Bertz CT molecular complexity index is 905. The molecule has 138 valence electrons. The van der Waals surface area contributed by atoms with E-state index in [0.717, 1.165) is 10.0 Å². The minimum atomic E-state index is -0.246. The first-order valence-electron chi connectivity index (χ1n) is 8.22. The zero-order valence-electron chi connectivity index (χ0n) is 14.4. The fourth-order valence-electron chi connectivity index (χ4n) is 2.47. The van der Waals surface area contributed by atoms with Gasteiger partial charge in [0.1, 0.15) is 25.6 Å². The van der Waals surface area contributed by atoms with Crippen LogP contribution in [0.2, 0.25) is 0 Å². The Hall–Kier alpha value is -2.98. The van der Waals surface area contributed by atoms with Crippen molar-refractivity contribution >= 4 is 28.1 Å². The summed E-state index contributed by atoms with van der Waals surface area (Å²) in [5.74, 6) is 4.10. The summed E-state index contributed by atoms with van der Waals surface area (Å²) in [7, 11) is 0. The van der Waals surface area contributed by atoms with Gasteiger partial charge in [-0.25, -0.2) is 5.43 Å². The molecule has 3 rings (SSSR count). The van der Waals surface area contributed by atoms with Crippen LogP contribution in [-0.4, -0.2) is 31.9 Å². The molecule has 6 nitrogen and oxygen atoms in total. The molecule has 0 saturated heterocycles. The highest BCUT2D eigenvalue weighted by atomic mass is 79.9. The molecule has 1 aliphatic rings. The molecule has 0 spiro atoms. The molecular weight excluding hydrogens is 412 g/mol. The molecule has 1 amide bonds. The van der Waals surface area contributed by atoms with Gasteiger partial charge in [-0.15, -0.1) is 6.42 Å². The van der Waals surface area contributed by atoms with Crippen molar-refractivity contribution in [3.63, 3.8) is 0 Å². The number of fused-ring (bicyclic) bond motifs is 1. The van der Waals surface area contributed by atoms with E-state index in [1.165, 1.54) is 6.21 Å². The molecule has 1 aliphatic heterocycles. The van der Waals surface area contributed by atoms with Crippen molar-refractivity contribution < 1.29 is 19.0 Å². The average molecular weight is 429 g/mol. The van der Waals surface area contributed by atoms with Gasteiger partial charge in [0, 0.05) is 10.0 Å². The van der Waals surface area contributed by atoms with Gasteiger partial charge in [0.15, 0.2) is 11.5 Å². The molecule has 0 atom stereocenters. The fourth-order valence-corrected chi connectivity index (χ4v) is 2.85. The lowest BCUT2D eigenvalue weighted by atomic mass is 10.1. The third-order valence-electron chi connectivity index (χ3n) is 3.65. The van der Waals surface area contributed by atoms with Gasteiger partial charge < -0.3 is 14.2 Å². The first-order chi connectivity index (χ1) is 13.2. The molecule has 2 aromatic rings. The number of hydrogen-bond acceptors (Lipinski definition) is 5. The Kier molecular flexibility index (Phi) is 6.34. The van der Waals surface area contributed by atoms with Crippen LogP contribution in [0.25, 0.3) is 0 Å². The van der Waals surface area contributed by atoms with Gasteiger partial charge in [-0.05, 0) is 35.9 Å². The molecule has 1 N–H and O–H groups in total. The zero-order chi connectivity index (χ0) is 19.1. The highest BCUT2D eigenvalue weighted by molar-refractivity contribution is 9.10. The van der Waals surface area contributed by atoms with Crippen molar-refractivity contribution in [2.75, 3.05) is 19.8 Å². The van der Waals surface area contributed by atoms with Gasteiger partial charge in [-0.1, -0.05) is 27.9 Å². The highest BCUT2D eigenvalue weighted by Gasteiger charge is 2.13. The number of hydrogen-bond donors (Lipinski definition) is 1. The van der Waals surface area contributed by atoms with Crippen molar-refractivity contribution in [1.82, 2.24) is 5.43 Å². The Labute approximate surface area is 165 Å². The summed E-state index contributed by atoms with van der Waals surface area (Å²) in [6.07, 6.45) is 6.91. The summed E-state index contributed by atoms with van der Waals surface area (Å²) in [4.78, 5) is 12.1. The van der Waals surface area contributed by atoms with E-state index in [0.29, 0.717) is 36.0 Å². The number of carbonyl (C=O) groups excluding carboxylic acids is 1. The first-order valence-corrected chi connectivity index (χ1v) is 9.01. The highest BCUT2D eigenvalue weighted by Crippen LogP contribution is 2.30. The van der Waals surface area contributed by atoms with Gasteiger partial charge in [-0.2, -0.15) is 5.10 Å². The lowest BCUT2D eigenvalue weighted by Gasteiger charge is -2.18. The van der Waals surface area contributed by atoms with Gasteiger partial charge in [0.05, 0.1) is 12.6 Å². The number of nitrogens with one attached hydrogen (secondary N) is 1. The summed E-state index contributed by atoms with van der Waals surface area (Å²) in [5, 5.41) is 4.00. The van der Waals surface area contributed by atoms with E-state index in [1.54, 1.807) is 18.2 Å². The number of benzene rings is 2. The molecule has 7 heteroatoms. The minimum Gasteiger partial charge on any atom is -0.486 e. The van der Waals surface area contributed by atoms with Crippen LogP contribution >= 0.6 is 15.9 Å². The van der Waals surface area contributed by atoms with E-state index in [4.69, 9.17) is 20.6 Å². The maximum Gasteiger partial charge on any atom is 0.244 e. The number of ether oxygens (including phenoxy) is 3. The average Bonchev–Trinajstić information content (AvgIpc) is 2.67. The summed E-state index contributed by atoms with van der Waals surface area (Å²) >= 11 is 3.39. The molecule has 2 aromatic carbocycles. The zero-order valence-corrected chi connectivity index (χ0v) is 16.0. The maximum absolute atomic E-state index is 12.1. The SMILES string of the molecule is C#CCOc1ccc(Br)cc1/C=N/NC(=O)Cc1ccc2c(c1)OCCO2. The Morgan fingerprint density at radius 1 is 1.26 bits per heavy atom. The monoisotopic (exact) mass is 428 g/mol. The second-order valence-corrected chi connectivity index (χ2v) is 6.54. The van der Waals surface area contributed by atoms with Crippen molar-refractivity contribution in [2.45, 2.75) is 6.42 Å². The van der Waals surface area contributed by atoms with E-state index < -0.39 is 0 Å². The van der Waals surface area contributed by atoms with E-state index in [9.17, 15) is 4.79 Å². The number of rotatable bonds is 6. The summed E-state index contributed by atoms with van der Waals surface area (Å²) in [6, 6.07) is 10.9. The second kappa shape index (κ2) is 9.10. The molecule has 0 aromatic heterocycles. The molecule has 0 saturated carbocycles. The minimum absolute atomic E-state index is 0.152. The number of hydrazone groups is 1. The smallest absolute Gasteiger partial charge is 0.244 e. The number of halogens is 1. The van der Waals surface area contributed by atoms with Crippen LogP contribution in [0, 0.1) is 12.3 Å². The molecule has 0 fully saturated rings. The third-order valence-corrected chi connectivity index (χ3v) is 4.14. The van der Waals surface area contributed by atoms with Crippen LogP contribution in [0.15, 0.2) is 46.0 Å². The van der Waals surface area contributed by atoms with E-state index in [-0.39, 0.29) is 18.9 Å². The maximum atomic E-state index is 12.1. The quantitative estimate of drug-likeness (QED) is 0.436. The van der Waals surface area contributed by atoms with E-state index >= 15 is 0 Å². The predicted molar refractivity (Wildman–Crippen MR) is 105 cm³/mol. The van der Waals surface area contributed by atoms with Crippen molar-refractivity contribution in [1.29, 1.82) is 0 Å². The predicted octanol–water partition coefficient (Wildman–Crippen LogP) is 2.93. The topological polar surface area (TPSA) is 69.2 Å². The molecule has 0 bridgehead atoms. The third kappa shape index (κ3) is 5.25. The molecule has 1 heterocycles. The number of terminal acetylenes is 1. The van der Waals surface area contributed by atoms with Crippen molar-refractivity contribution in [3.8, 4) is 29.6 Å². The lowest BCUT2D eigenvalue weighted by molar-refractivity contribution is -0.120. The largest absolute Gasteiger partial charge is 0.486 e. The Morgan fingerprint density at radius 2 is 2.07 bits per heavy atom. The molecule has 0 radical (unpaired) electrons. The van der Waals surface area contributed by atoms with Gasteiger partial charge in [0.2, 0.25) is 5.91 Å². The Balaban J connectivity index is 1.61.